The van der Waals surface area contributed by atoms with Gasteiger partial charge in [0.1, 0.15) is 0 Å². The Bertz CT molecular complexity index is 199. The van der Waals surface area contributed by atoms with E-state index in [2.05, 4.69) is 10.1 Å². The van der Waals surface area contributed by atoms with Crippen LogP contribution in [0.15, 0.2) is 5.16 Å². The molecule has 2 rings (SSSR count). The minimum absolute atomic E-state index is 0.947. The molecule has 1 aliphatic carbocycles. The predicted molar refractivity (Wildman–Crippen MR) is 56.9 cm³/mol. The van der Waals surface area contributed by atoms with Crippen LogP contribution in [0, 0.1) is 5.92 Å². The second-order valence-electron chi connectivity index (χ2n) is 4.62. The van der Waals surface area contributed by atoms with Crippen molar-refractivity contribution < 1.29 is 5.21 Å². The maximum absolute atomic E-state index is 8.63. The molecule has 1 N–H and O–H groups in total. The Hall–Kier alpha value is -0.570. The Morgan fingerprint density at radius 1 is 1.21 bits per heavy atom. The summed E-state index contributed by atoms with van der Waals surface area (Å²) >= 11 is 0. The lowest BCUT2D eigenvalue weighted by molar-refractivity contribution is 0.227. The maximum atomic E-state index is 8.63. The average molecular weight is 196 g/mol. The van der Waals surface area contributed by atoms with Gasteiger partial charge in [0.15, 0.2) is 0 Å². The highest BCUT2D eigenvalue weighted by Gasteiger charge is 2.21. The van der Waals surface area contributed by atoms with Crippen LogP contribution in [-0.4, -0.2) is 35.5 Å². The molecule has 80 valence electrons. The number of likely N-dealkylation sites (tertiary alicyclic amines) is 1. The molecule has 2 fully saturated rings. The number of hydrogen-bond acceptors (Lipinski definition) is 3. The van der Waals surface area contributed by atoms with Gasteiger partial charge in [-0.25, -0.2) is 0 Å². The van der Waals surface area contributed by atoms with Gasteiger partial charge in [-0.15, -0.1) is 0 Å². The Balaban J connectivity index is 1.72. The van der Waals surface area contributed by atoms with E-state index < -0.39 is 0 Å². The van der Waals surface area contributed by atoms with Crippen LogP contribution >= 0.6 is 0 Å². The molecule has 2 aliphatic rings. The normalized spacial score (nSPS) is 25.6. The Morgan fingerprint density at radius 2 is 1.86 bits per heavy atom. The van der Waals surface area contributed by atoms with Crippen LogP contribution in [-0.2, 0) is 0 Å². The quantitative estimate of drug-likeness (QED) is 0.542. The lowest BCUT2D eigenvalue weighted by Gasteiger charge is -2.29. The smallest absolute Gasteiger partial charge is 0.0596 e. The van der Waals surface area contributed by atoms with Gasteiger partial charge < -0.3 is 10.1 Å². The number of hydrogen-bond donors (Lipinski definition) is 1. The minimum atomic E-state index is 0.947. The third-order valence-electron chi connectivity index (χ3n) is 3.57. The largest absolute Gasteiger partial charge is 0.411 e. The zero-order chi connectivity index (χ0) is 9.80. The summed E-state index contributed by atoms with van der Waals surface area (Å²) in [5.41, 5.74) is 0.979. The third kappa shape index (κ3) is 2.47. The van der Waals surface area contributed by atoms with E-state index in [4.69, 9.17) is 5.21 Å². The van der Waals surface area contributed by atoms with E-state index in [9.17, 15) is 0 Å². The summed E-state index contributed by atoms with van der Waals surface area (Å²) in [5, 5.41) is 11.9. The summed E-state index contributed by atoms with van der Waals surface area (Å²) < 4.78 is 0. The second kappa shape index (κ2) is 4.78. The molecular weight excluding hydrogens is 176 g/mol. The lowest BCUT2D eigenvalue weighted by Crippen LogP contribution is -2.36. The van der Waals surface area contributed by atoms with Gasteiger partial charge in [-0.2, -0.15) is 0 Å². The van der Waals surface area contributed by atoms with E-state index in [-0.39, 0.29) is 0 Å². The molecule has 0 radical (unpaired) electrons. The average Bonchev–Trinajstić information content (AvgIpc) is 2.72. The number of rotatable bonds is 2. The molecular formula is C11H20N2O. The van der Waals surface area contributed by atoms with E-state index in [1.807, 2.05) is 0 Å². The summed E-state index contributed by atoms with van der Waals surface area (Å²) in [6.45, 7) is 3.46. The van der Waals surface area contributed by atoms with Crippen molar-refractivity contribution in [1.82, 2.24) is 4.90 Å². The van der Waals surface area contributed by atoms with Crippen molar-refractivity contribution in [3.63, 3.8) is 0 Å². The van der Waals surface area contributed by atoms with Crippen molar-refractivity contribution in [1.29, 1.82) is 0 Å². The molecule has 3 nitrogen and oxygen atoms in total. The first-order valence-corrected chi connectivity index (χ1v) is 5.80. The second-order valence-corrected chi connectivity index (χ2v) is 4.62. The van der Waals surface area contributed by atoms with Gasteiger partial charge in [0, 0.05) is 32.5 Å². The Labute approximate surface area is 85.8 Å². The third-order valence-corrected chi connectivity index (χ3v) is 3.57. The molecule has 1 aliphatic heterocycles. The van der Waals surface area contributed by atoms with E-state index in [1.54, 1.807) is 0 Å². The van der Waals surface area contributed by atoms with Crippen molar-refractivity contribution in [2.24, 2.45) is 11.1 Å². The van der Waals surface area contributed by atoms with Gasteiger partial charge >= 0.3 is 0 Å². The summed E-state index contributed by atoms with van der Waals surface area (Å²) in [6, 6.07) is 0. The van der Waals surface area contributed by atoms with Gasteiger partial charge in [-0.3, -0.25) is 0 Å². The van der Waals surface area contributed by atoms with Crippen LogP contribution in [0.3, 0.4) is 0 Å². The van der Waals surface area contributed by atoms with Crippen LogP contribution in [0.25, 0.3) is 0 Å². The molecule has 3 heteroatoms. The fourth-order valence-electron chi connectivity index (χ4n) is 2.65. The first-order chi connectivity index (χ1) is 6.88. The van der Waals surface area contributed by atoms with Gasteiger partial charge in [0.25, 0.3) is 0 Å². The van der Waals surface area contributed by atoms with Crippen LogP contribution in [0.4, 0.5) is 0 Å². The first kappa shape index (κ1) is 9.97. The first-order valence-electron chi connectivity index (χ1n) is 5.80. The van der Waals surface area contributed by atoms with Crippen molar-refractivity contribution >= 4 is 5.71 Å². The van der Waals surface area contributed by atoms with Crippen molar-refractivity contribution in [2.45, 2.75) is 38.5 Å². The van der Waals surface area contributed by atoms with E-state index >= 15 is 0 Å². The van der Waals surface area contributed by atoms with E-state index in [0.29, 0.717) is 0 Å². The standard InChI is InChI=1S/C11H20N2O/c14-12-11-5-7-13(8-6-11)9-10-3-1-2-4-10/h10,14H,1-9H2. The molecule has 0 aromatic carbocycles. The van der Waals surface area contributed by atoms with Gasteiger partial charge in [0.05, 0.1) is 5.71 Å². The van der Waals surface area contributed by atoms with Crippen LogP contribution in [0.5, 0.6) is 0 Å². The summed E-state index contributed by atoms with van der Waals surface area (Å²) in [5.74, 6) is 0.947. The zero-order valence-corrected chi connectivity index (χ0v) is 8.78. The summed E-state index contributed by atoms with van der Waals surface area (Å²) in [6.07, 6.45) is 7.64. The topological polar surface area (TPSA) is 35.8 Å². The molecule has 1 saturated heterocycles. The van der Waals surface area contributed by atoms with Crippen LogP contribution in [0.1, 0.15) is 38.5 Å². The lowest BCUT2D eigenvalue weighted by atomic mass is 10.0. The highest BCUT2D eigenvalue weighted by atomic mass is 16.4. The molecule has 1 saturated carbocycles. The summed E-state index contributed by atoms with van der Waals surface area (Å²) in [7, 11) is 0. The Kier molecular flexibility index (Phi) is 3.40. The van der Waals surface area contributed by atoms with Crippen molar-refractivity contribution in [3.8, 4) is 0 Å². The number of piperidine rings is 1. The highest BCUT2D eigenvalue weighted by Crippen LogP contribution is 2.26. The fourth-order valence-corrected chi connectivity index (χ4v) is 2.65. The Morgan fingerprint density at radius 3 is 2.43 bits per heavy atom. The molecule has 0 amide bonds. The zero-order valence-electron chi connectivity index (χ0n) is 8.78. The van der Waals surface area contributed by atoms with Gasteiger partial charge in [0.2, 0.25) is 0 Å². The van der Waals surface area contributed by atoms with Crippen LogP contribution < -0.4 is 0 Å². The van der Waals surface area contributed by atoms with E-state index in [1.165, 1.54) is 32.2 Å². The fraction of sp³-hybridized carbons (Fsp3) is 0.909. The van der Waals surface area contributed by atoms with Crippen molar-refractivity contribution in [3.05, 3.63) is 0 Å². The van der Waals surface area contributed by atoms with E-state index in [0.717, 1.165) is 37.6 Å². The molecule has 0 atom stereocenters. The molecule has 0 aromatic rings. The van der Waals surface area contributed by atoms with Crippen LogP contribution in [0.2, 0.25) is 0 Å². The molecule has 0 spiro atoms. The molecule has 1 heterocycles. The molecule has 0 unspecified atom stereocenters. The monoisotopic (exact) mass is 196 g/mol. The summed E-state index contributed by atoms with van der Waals surface area (Å²) in [4.78, 5) is 2.53. The number of nitrogens with zero attached hydrogens (tertiary/aromatic N) is 2. The highest BCUT2D eigenvalue weighted by molar-refractivity contribution is 5.84. The van der Waals surface area contributed by atoms with Gasteiger partial charge in [-0.05, 0) is 18.8 Å². The number of oxime groups is 1. The van der Waals surface area contributed by atoms with Crippen molar-refractivity contribution in [2.75, 3.05) is 19.6 Å². The SMILES string of the molecule is ON=C1CCN(CC2CCCC2)CC1. The maximum Gasteiger partial charge on any atom is 0.0596 e. The molecule has 14 heavy (non-hydrogen) atoms. The predicted octanol–water partition coefficient (Wildman–Crippen LogP) is 2.10. The van der Waals surface area contributed by atoms with Gasteiger partial charge in [-0.1, -0.05) is 18.0 Å². The molecule has 0 bridgehead atoms. The molecule has 0 aromatic heterocycles. The minimum Gasteiger partial charge on any atom is -0.411 e.